The van der Waals surface area contributed by atoms with Crippen molar-refractivity contribution in [1.29, 1.82) is 0 Å². The average molecular weight is 330 g/mol. The van der Waals surface area contributed by atoms with Crippen LogP contribution in [-0.4, -0.2) is 36.2 Å². The molecule has 1 aromatic rings. The number of amides is 1. The molecule has 1 aliphatic heterocycles. The molecule has 0 N–H and O–H groups in total. The molecule has 0 saturated carbocycles. The molecular formula is C15H17ClFNO4. The number of carbonyl (C=O) groups excluding carboxylic acids is 2. The number of halogens is 2. The number of likely N-dealkylation sites (tertiary alicyclic amines) is 1. The molecule has 0 aliphatic carbocycles. The minimum absolute atomic E-state index is 0.0408. The van der Waals surface area contributed by atoms with Gasteiger partial charge in [0.1, 0.15) is 0 Å². The van der Waals surface area contributed by atoms with E-state index in [0.717, 1.165) is 25.0 Å². The molecule has 0 atom stereocenters. The van der Waals surface area contributed by atoms with Crippen LogP contribution in [0.15, 0.2) is 12.1 Å². The van der Waals surface area contributed by atoms with Crippen LogP contribution in [0.3, 0.4) is 0 Å². The Morgan fingerprint density at radius 1 is 1.27 bits per heavy atom. The highest BCUT2D eigenvalue weighted by molar-refractivity contribution is 6.33. The van der Waals surface area contributed by atoms with Crippen molar-refractivity contribution >= 4 is 23.7 Å². The van der Waals surface area contributed by atoms with Crippen molar-refractivity contribution in [2.45, 2.75) is 32.8 Å². The number of carbonyl (C=O) groups is 2. The van der Waals surface area contributed by atoms with Crippen molar-refractivity contribution in [3.8, 4) is 5.75 Å². The van der Waals surface area contributed by atoms with Gasteiger partial charge in [0, 0.05) is 19.2 Å². The smallest absolute Gasteiger partial charge is 0.415 e. The van der Waals surface area contributed by atoms with E-state index in [2.05, 4.69) is 0 Å². The van der Waals surface area contributed by atoms with Crippen molar-refractivity contribution in [3.63, 3.8) is 0 Å². The molecule has 7 heteroatoms. The minimum atomic E-state index is -0.807. The lowest BCUT2D eigenvalue weighted by molar-refractivity contribution is 0.0377. The van der Waals surface area contributed by atoms with Gasteiger partial charge in [-0.2, -0.15) is 0 Å². The predicted molar refractivity (Wildman–Crippen MR) is 78.8 cm³/mol. The normalized spacial score (nSPS) is 14.3. The quantitative estimate of drug-likeness (QED) is 0.794. The van der Waals surface area contributed by atoms with Crippen LogP contribution < -0.4 is 4.74 Å². The maximum Gasteiger partial charge on any atom is 0.415 e. The Morgan fingerprint density at radius 3 is 2.50 bits per heavy atom. The molecule has 0 spiro atoms. The standard InChI is InChI=1S/C15H17ClFNO4/c1-9(2)21-14(19)10-7-13(12(17)8-11(10)16)22-15(20)18-5-3-4-6-18/h7-9H,3-6H2,1-2H3. The molecule has 1 aromatic carbocycles. The van der Waals surface area contributed by atoms with Crippen LogP contribution in [0.25, 0.3) is 0 Å². The molecule has 0 unspecified atom stereocenters. The van der Waals surface area contributed by atoms with E-state index in [0.29, 0.717) is 13.1 Å². The highest BCUT2D eigenvalue weighted by Crippen LogP contribution is 2.27. The summed E-state index contributed by atoms with van der Waals surface area (Å²) < 4.78 is 23.9. The van der Waals surface area contributed by atoms with Gasteiger partial charge in [-0.25, -0.2) is 14.0 Å². The number of nitrogens with zero attached hydrogens (tertiary/aromatic N) is 1. The topological polar surface area (TPSA) is 55.8 Å². The molecule has 1 heterocycles. The fraction of sp³-hybridized carbons (Fsp3) is 0.467. The first kappa shape index (κ1) is 16.5. The first-order valence-corrected chi connectivity index (χ1v) is 7.43. The van der Waals surface area contributed by atoms with Crippen LogP contribution in [0.4, 0.5) is 9.18 Å². The first-order valence-electron chi connectivity index (χ1n) is 7.05. The summed E-state index contributed by atoms with van der Waals surface area (Å²) in [5, 5.41) is -0.0934. The summed E-state index contributed by atoms with van der Waals surface area (Å²) in [6.07, 6.45) is 0.806. The lowest BCUT2D eigenvalue weighted by Gasteiger charge is -2.16. The maximum atomic E-state index is 13.9. The molecule has 1 saturated heterocycles. The van der Waals surface area contributed by atoms with Crippen molar-refractivity contribution in [1.82, 2.24) is 4.90 Å². The number of esters is 1. The van der Waals surface area contributed by atoms with E-state index in [1.165, 1.54) is 4.90 Å². The fourth-order valence-corrected chi connectivity index (χ4v) is 2.33. The molecule has 0 bridgehead atoms. The molecule has 22 heavy (non-hydrogen) atoms. The van der Waals surface area contributed by atoms with Crippen LogP contribution >= 0.6 is 11.6 Å². The van der Waals surface area contributed by atoms with Crippen molar-refractivity contribution in [3.05, 3.63) is 28.5 Å². The SMILES string of the molecule is CC(C)OC(=O)c1cc(OC(=O)N2CCCC2)c(F)cc1Cl. The van der Waals surface area contributed by atoms with Gasteiger partial charge < -0.3 is 14.4 Å². The predicted octanol–water partition coefficient (Wildman–Crippen LogP) is 3.64. The monoisotopic (exact) mass is 329 g/mol. The maximum absolute atomic E-state index is 13.9. The van der Waals surface area contributed by atoms with Crippen LogP contribution in [-0.2, 0) is 4.74 Å². The van der Waals surface area contributed by atoms with Gasteiger partial charge in [0.2, 0.25) is 0 Å². The van der Waals surface area contributed by atoms with Gasteiger partial charge in [-0.15, -0.1) is 0 Å². The zero-order valence-corrected chi connectivity index (χ0v) is 13.2. The first-order chi connectivity index (χ1) is 10.4. The number of hydrogen-bond acceptors (Lipinski definition) is 4. The summed E-state index contributed by atoms with van der Waals surface area (Å²) in [6, 6.07) is 2.03. The lowest BCUT2D eigenvalue weighted by atomic mass is 10.2. The summed E-state index contributed by atoms with van der Waals surface area (Å²) in [5.74, 6) is -1.84. The van der Waals surface area contributed by atoms with Gasteiger partial charge in [-0.05, 0) is 32.8 Å². The van der Waals surface area contributed by atoms with Crippen molar-refractivity contribution in [2.24, 2.45) is 0 Å². The molecule has 5 nitrogen and oxygen atoms in total. The van der Waals surface area contributed by atoms with Crippen LogP contribution in [0.5, 0.6) is 5.75 Å². The third-order valence-electron chi connectivity index (χ3n) is 3.15. The molecule has 0 aromatic heterocycles. The fourth-order valence-electron chi connectivity index (χ4n) is 2.10. The Kier molecular flexibility index (Phi) is 5.24. The molecule has 2 rings (SSSR count). The highest BCUT2D eigenvalue weighted by Gasteiger charge is 2.23. The third-order valence-corrected chi connectivity index (χ3v) is 3.46. The average Bonchev–Trinajstić information content (AvgIpc) is 2.94. The second-order valence-corrected chi connectivity index (χ2v) is 5.69. The molecule has 1 fully saturated rings. The van der Waals surface area contributed by atoms with Gasteiger partial charge in [0.25, 0.3) is 0 Å². The van der Waals surface area contributed by atoms with E-state index < -0.39 is 17.9 Å². The van der Waals surface area contributed by atoms with E-state index in [4.69, 9.17) is 21.1 Å². The number of hydrogen-bond donors (Lipinski definition) is 0. The van der Waals surface area contributed by atoms with E-state index in [1.807, 2.05) is 0 Å². The molecule has 1 amide bonds. The summed E-state index contributed by atoms with van der Waals surface area (Å²) >= 11 is 5.85. The summed E-state index contributed by atoms with van der Waals surface area (Å²) in [7, 11) is 0. The molecule has 120 valence electrons. The summed E-state index contributed by atoms with van der Waals surface area (Å²) in [6.45, 7) is 4.53. The van der Waals surface area contributed by atoms with Gasteiger partial charge in [0.15, 0.2) is 11.6 Å². The molecule has 0 radical (unpaired) electrons. The zero-order valence-electron chi connectivity index (χ0n) is 12.4. The van der Waals surface area contributed by atoms with Gasteiger partial charge in [-0.1, -0.05) is 11.6 Å². The Balaban J connectivity index is 2.20. The van der Waals surface area contributed by atoms with Gasteiger partial charge >= 0.3 is 12.1 Å². The Labute approximate surface area is 132 Å². The van der Waals surface area contributed by atoms with E-state index >= 15 is 0 Å². The largest absolute Gasteiger partial charge is 0.459 e. The van der Waals surface area contributed by atoms with Crippen LogP contribution in [0, 0.1) is 5.82 Å². The zero-order chi connectivity index (χ0) is 16.3. The lowest BCUT2D eigenvalue weighted by Crippen LogP contribution is -2.30. The van der Waals surface area contributed by atoms with Crippen LogP contribution in [0.1, 0.15) is 37.0 Å². The number of benzene rings is 1. The third kappa shape index (κ3) is 3.88. The second-order valence-electron chi connectivity index (χ2n) is 5.28. The minimum Gasteiger partial charge on any atom is -0.459 e. The van der Waals surface area contributed by atoms with Gasteiger partial charge in [0.05, 0.1) is 16.7 Å². The van der Waals surface area contributed by atoms with Crippen LogP contribution in [0.2, 0.25) is 5.02 Å². The summed E-state index contributed by atoms with van der Waals surface area (Å²) in [4.78, 5) is 25.3. The number of rotatable bonds is 3. The highest BCUT2D eigenvalue weighted by atomic mass is 35.5. The van der Waals surface area contributed by atoms with E-state index in [-0.39, 0.29) is 22.4 Å². The van der Waals surface area contributed by atoms with Crippen molar-refractivity contribution < 1.29 is 23.5 Å². The Morgan fingerprint density at radius 2 is 1.91 bits per heavy atom. The molecule has 1 aliphatic rings. The Bertz CT molecular complexity index is 585. The van der Waals surface area contributed by atoms with Crippen molar-refractivity contribution in [2.75, 3.05) is 13.1 Å². The van der Waals surface area contributed by atoms with E-state index in [9.17, 15) is 14.0 Å². The van der Waals surface area contributed by atoms with Gasteiger partial charge in [-0.3, -0.25) is 0 Å². The second kappa shape index (κ2) is 6.96. The Hall–Kier alpha value is -1.82. The van der Waals surface area contributed by atoms with E-state index in [1.54, 1.807) is 13.8 Å². The molecular weight excluding hydrogens is 313 g/mol. The summed E-state index contributed by atoms with van der Waals surface area (Å²) in [5.41, 5.74) is -0.0408. The number of ether oxygens (including phenoxy) is 2.